The van der Waals surface area contributed by atoms with Crippen LogP contribution in [-0.2, 0) is 25.6 Å². The standard InChI is InChI=1S/C16H19NO5/c1-3-21-13-9-14(15(18)20-2)17(10-13)16(19)22-11-12-7-5-4-6-8-12/h3-8,13-14H,1,9-11H2,2H3/t13-,14+/m1/s1. The third-order valence-electron chi connectivity index (χ3n) is 3.46. The quantitative estimate of drug-likeness (QED) is 0.615. The summed E-state index contributed by atoms with van der Waals surface area (Å²) in [5, 5.41) is 0. The second-order valence-electron chi connectivity index (χ2n) is 4.89. The number of methoxy groups -OCH3 is 1. The number of rotatable bonds is 5. The van der Waals surface area contributed by atoms with Gasteiger partial charge in [0.25, 0.3) is 0 Å². The Morgan fingerprint density at radius 2 is 2.09 bits per heavy atom. The first-order chi connectivity index (χ1) is 10.7. The van der Waals surface area contributed by atoms with E-state index in [4.69, 9.17) is 14.2 Å². The first kappa shape index (κ1) is 15.9. The molecule has 0 aliphatic carbocycles. The van der Waals surface area contributed by atoms with Crippen LogP contribution in [0.5, 0.6) is 0 Å². The average Bonchev–Trinajstić information content (AvgIpc) is 2.97. The smallest absolute Gasteiger partial charge is 0.410 e. The monoisotopic (exact) mass is 305 g/mol. The highest BCUT2D eigenvalue weighted by molar-refractivity contribution is 5.82. The Balaban J connectivity index is 1.98. The van der Waals surface area contributed by atoms with Crippen molar-refractivity contribution in [3.63, 3.8) is 0 Å². The van der Waals surface area contributed by atoms with Gasteiger partial charge in [0.2, 0.25) is 0 Å². The van der Waals surface area contributed by atoms with Crippen molar-refractivity contribution in [1.82, 2.24) is 4.90 Å². The van der Waals surface area contributed by atoms with E-state index in [1.165, 1.54) is 18.3 Å². The lowest BCUT2D eigenvalue weighted by atomic mass is 10.2. The molecule has 22 heavy (non-hydrogen) atoms. The summed E-state index contributed by atoms with van der Waals surface area (Å²) in [6.45, 7) is 3.90. The molecule has 0 bridgehead atoms. The first-order valence-corrected chi connectivity index (χ1v) is 6.97. The molecule has 1 amide bonds. The number of hydrogen-bond acceptors (Lipinski definition) is 5. The second-order valence-corrected chi connectivity index (χ2v) is 4.89. The van der Waals surface area contributed by atoms with E-state index in [-0.39, 0.29) is 19.3 Å². The van der Waals surface area contributed by atoms with Crippen LogP contribution in [0.3, 0.4) is 0 Å². The summed E-state index contributed by atoms with van der Waals surface area (Å²) in [4.78, 5) is 25.3. The van der Waals surface area contributed by atoms with Crippen LogP contribution in [-0.4, -0.2) is 42.8 Å². The molecule has 0 radical (unpaired) electrons. The molecule has 1 heterocycles. The van der Waals surface area contributed by atoms with Crippen molar-refractivity contribution in [2.24, 2.45) is 0 Å². The first-order valence-electron chi connectivity index (χ1n) is 6.97. The molecule has 1 fully saturated rings. The van der Waals surface area contributed by atoms with Gasteiger partial charge in [0.15, 0.2) is 0 Å². The summed E-state index contributed by atoms with van der Waals surface area (Å²) in [6, 6.07) is 8.64. The minimum absolute atomic E-state index is 0.150. The summed E-state index contributed by atoms with van der Waals surface area (Å²) in [5.41, 5.74) is 0.878. The highest BCUT2D eigenvalue weighted by atomic mass is 16.6. The van der Waals surface area contributed by atoms with Crippen LogP contribution >= 0.6 is 0 Å². The van der Waals surface area contributed by atoms with Crippen LogP contribution in [0, 0.1) is 0 Å². The minimum Gasteiger partial charge on any atom is -0.497 e. The van der Waals surface area contributed by atoms with E-state index in [1.54, 1.807) is 0 Å². The number of carbonyl (C=O) groups is 2. The Labute approximate surface area is 129 Å². The molecule has 2 atom stereocenters. The maximum Gasteiger partial charge on any atom is 0.410 e. The summed E-state index contributed by atoms with van der Waals surface area (Å²) < 4.78 is 15.3. The normalized spacial score (nSPS) is 20.3. The fourth-order valence-corrected chi connectivity index (χ4v) is 2.40. The third-order valence-corrected chi connectivity index (χ3v) is 3.46. The molecule has 1 aromatic rings. The van der Waals surface area contributed by atoms with E-state index in [9.17, 15) is 9.59 Å². The van der Waals surface area contributed by atoms with E-state index >= 15 is 0 Å². The zero-order valence-electron chi connectivity index (χ0n) is 12.4. The molecule has 1 saturated heterocycles. The number of hydrogen-bond donors (Lipinski definition) is 0. The molecule has 0 aromatic heterocycles. The summed E-state index contributed by atoms with van der Waals surface area (Å²) in [6.07, 6.45) is 0.817. The second kappa shape index (κ2) is 7.49. The summed E-state index contributed by atoms with van der Waals surface area (Å²) in [7, 11) is 1.29. The van der Waals surface area contributed by atoms with E-state index < -0.39 is 18.1 Å². The van der Waals surface area contributed by atoms with Gasteiger partial charge >= 0.3 is 12.1 Å². The predicted molar refractivity (Wildman–Crippen MR) is 78.8 cm³/mol. The van der Waals surface area contributed by atoms with Crippen molar-refractivity contribution in [2.45, 2.75) is 25.2 Å². The molecular formula is C16H19NO5. The molecule has 0 saturated carbocycles. The van der Waals surface area contributed by atoms with Gasteiger partial charge in [-0.05, 0) is 5.56 Å². The van der Waals surface area contributed by atoms with Crippen LogP contribution in [0.4, 0.5) is 4.79 Å². The molecule has 118 valence electrons. The van der Waals surface area contributed by atoms with Crippen molar-refractivity contribution < 1.29 is 23.8 Å². The fourth-order valence-electron chi connectivity index (χ4n) is 2.40. The molecule has 1 aliphatic heterocycles. The lowest BCUT2D eigenvalue weighted by Crippen LogP contribution is -2.41. The Kier molecular flexibility index (Phi) is 5.41. The third kappa shape index (κ3) is 3.78. The molecule has 1 aromatic carbocycles. The Hall–Kier alpha value is -2.50. The van der Waals surface area contributed by atoms with E-state index in [0.29, 0.717) is 6.42 Å². The molecule has 2 rings (SSSR count). The summed E-state index contributed by atoms with van der Waals surface area (Å²) >= 11 is 0. The lowest BCUT2D eigenvalue weighted by molar-refractivity contribution is -0.145. The zero-order valence-corrected chi connectivity index (χ0v) is 12.4. The van der Waals surface area contributed by atoms with E-state index in [1.807, 2.05) is 30.3 Å². The Bertz CT molecular complexity index is 531. The lowest BCUT2D eigenvalue weighted by Gasteiger charge is -2.21. The van der Waals surface area contributed by atoms with Crippen molar-refractivity contribution in [3.05, 3.63) is 48.7 Å². The van der Waals surface area contributed by atoms with Gasteiger partial charge in [0.05, 0.1) is 19.9 Å². The topological polar surface area (TPSA) is 65.1 Å². The number of benzene rings is 1. The number of likely N-dealkylation sites (tertiary alicyclic amines) is 1. The van der Waals surface area contributed by atoms with Gasteiger partial charge in [-0.1, -0.05) is 36.9 Å². The van der Waals surface area contributed by atoms with Crippen LogP contribution in [0.1, 0.15) is 12.0 Å². The van der Waals surface area contributed by atoms with Crippen molar-refractivity contribution in [3.8, 4) is 0 Å². The predicted octanol–water partition coefficient (Wildman–Crippen LogP) is 2.10. The highest BCUT2D eigenvalue weighted by Gasteiger charge is 2.42. The van der Waals surface area contributed by atoms with Crippen LogP contribution in [0.15, 0.2) is 43.2 Å². The highest BCUT2D eigenvalue weighted by Crippen LogP contribution is 2.23. The SMILES string of the molecule is C=CO[C@@H]1C[C@@H](C(=O)OC)N(C(=O)OCc2ccccc2)C1. The summed E-state index contributed by atoms with van der Waals surface area (Å²) in [5.74, 6) is -0.480. The number of carbonyl (C=O) groups excluding carboxylic acids is 2. The maximum atomic E-state index is 12.2. The van der Waals surface area contributed by atoms with Crippen molar-refractivity contribution >= 4 is 12.1 Å². The van der Waals surface area contributed by atoms with Gasteiger partial charge in [-0.25, -0.2) is 9.59 Å². The molecule has 0 spiro atoms. The largest absolute Gasteiger partial charge is 0.497 e. The van der Waals surface area contributed by atoms with Gasteiger partial charge in [-0.3, -0.25) is 4.90 Å². The number of amides is 1. The molecule has 0 N–H and O–H groups in total. The molecule has 6 nitrogen and oxygen atoms in total. The minimum atomic E-state index is -0.696. The van der Waals surface area contributed by atoms with Crippen LogP contribution < -0.4 is 0 Å². The van der Waals surface area contributed by atoms with Gasteiger partial charge in [0.1, 0.15) is 18.8 Å². The number of esters is 1. The molecule has 6 heteroatoms. The van der Waals surface area contributed by atoms with E-state index in [2.05, 4.69) is 6.58 Å². The molecule has 0 unspecified atom stereocenters. The average molecular weight is 305 g/mol. The molecular weight excluding hydrogens is 286 g/mol. The van der Waals surface area contributed by atoms with Crippen LogP contribution in [0.25, 0.3) is 0 Å². The van der Waals surface area contributed by atoms with Gasteiger partial charge in [-0.15, -0.1) is 0 Å². The maximum absolute atomic E-state index is 12.2. The zero-order chi connectivity index (χ0) is 15.9. The fraction of sp³-hybridized carbons (Fsp3) is 0.375. The number of ether oxygens (including phenoxy) is 3. The van der Waals surface area contributed by atoms with Gasteiger partial charge in [-0.2, -0.15) is 0 Å². The Morgan fingerprint density at radius 1 is 1.36 bits per heavy atom. The number of nitrogens with zero attached hydrogens (tertiary/aromatic N) is 1. The van der Waals surface area contributed by atoms with E-state index in [0.717, 1.165) is 5.56 Å². The van der Waals surface area contributed by atoms with Crippen molar-refractivity contribution in [2.75, 3.05) is 13.7 Å². The molecule has 1 aliphatic rings. The van der Waals surface area contributed by atoms with Gasteiger partial charge in [0, 0.05) is 6.42 Å². The van der Waals surface area contributed by atoms with Crippen molar-refractivity contribution in [1.29, 1.82) is 0 Å². The van der Waals surface area contributed by atoms with Crippen LogP contribution in [0.2, 0.25) is 0 Å². The van der Waals surface area contributed by atoms with Gasteiger partial charge < -0.3 is 14.2 Å². The Morgan fingerprint density at radius 3 is 2.73 bits per heavy atom.